The Hall–Kier alpha value is -2.29. The smallest absolute Gasteiger partial charge is 0.307 e. The highest BCUT2D eigenvalue weighted by Crippen LogP contribution is 2.28. The Morgan fingerprint density at radius 2 is 1.75 bits per heavy atom. The predicted molar refractivity (Wildman–Crippen MR) is 138 cm³/mol. The van der Waals surface area contributed by atoms with Crippen LogP contribution in [0.1, 0.15) is 62.9 Å². The molecule has 36 heavy (non-hydrogen) atoms. The van der Waals surface area contributed by atoms with Crippen LogP contribution in [-0.2, 0) is 25.6 Å². The molecular weight excluding hydrogens is 458 g/mol. The van der Waals surface area contributed by atoms with Crippen molar-refractivity contribution in [2.45, 2.75) is 76.7 Å². The van der Waals surface area contributed by atoms with Crippen LogP contribution in [0.2, 0.25) is 0 Å². The summed E-state index contributed by atoms with van der Waals surface area (Å²) in [6, 6.07) is 19.2. The van der Waals surface area contributed by atoms with Gasteiger partial charge in [-0.2, -0.15) is 0 Å². The van der Waals surface area contributed by atoms with Gasteiger partial charge in [0.1, 0.15) is 18.8 Å². The first-order chi connectivity index (χ1) is 17.6. The van der Waals surface area contributed by atoms with E-state index in [1.165, 1.54) is 6.42 Å². The van der Waals surface area contributed by atoms with Gasteiger partial charge in [-0.3, -0.25) is 4.79 Å². The van der Waals surface area contributed by atoms with Gasteiger partial charge in [0.2, 0.25) is 0 Å². The average molecular weight is 500 g/mol. The molecule has 2 aromatic rings. The van der Waals surface area contributed by atoms with Crippen molar-refractivity contribution in [3.05, 3.63) is 71.8 Å². The Balaban J connectivity index is 1.48. The standard InChI is InChI=1S/C29H41NO6/c1-2-3-4-11-18-30(20-17-27(33)34-21-23-12-7-5-8-13-23)19-16-25(31)28-26(32)22-35-29(36-28)24-14-9-6-10-15-24/h5-10,12-15,25-26,28-29,31-32H,2-4,11,16-22H2,1H3/t25-,26?,28+,29-/m1/s1. The van der Waals surface area contributed by atoms with Crippen LogP contribution in [0.25, 0.3) is 0 Å². The molecule has 1 fully saturated rings. The summed E-state index contributed by atoms with van der Waals surface area (Å²) in [7, 11) is 0. The second-order valence-electron chi connectivity index (χ2n) is 9.40. The lowest BCUT2D eigenvalue weighted by Gasteiger charge is -2.37. The van der Waals surface area contributed by atoms with Crippen molar-refractivity contribution >= 4 is 5.97 Å². The van der Waals surface area contributed by atoms with Crippen molar-refractivity contribution in [2.75, 3.05) is 26.2 Å². The monoisotopic (exact) mass is 499 g/mol. The number of carbonyl (C=O) groups is 1. The van der Waals surface area contributed by atoms with E-state index in [1.54, 1.807) is 0 Å². The van der Waals surface area contributed by atoms with Gasteiger partial charge in [-0.15, -0.1) is 0 Å². The van der Waals surface area contributed by atoms with Gasteiger partial charge < -0.3 is 29.3 Å². The molecular formula is C29H41NO6. The summed E-state index contributed by atoms with van der Waals surface area (Å²) in [4.78, 5) is 14.5. The Morgan fingerprint density at radius 3 is 2.47 bits per heavy atom. The molecule has 0 bridgehead atoms. The zero-order valence-corrected chi connectivity index (χ0v) is 21.3. The van der Waals surface area contributed by atoms with Crippen molar-refractivity contribution in [2.24, 2.45) is 0 Å². The molecule has 4 atom stereocenters. The minimum atomic E-state index is -0.897. The van der Waals surface area contributed by atoms with Gasteiger partial charge in [0, 0.05) is 18.7 Å². The summed E-state index contributed by atoms with van der Waals surface area (Å²) in [5, 5.41) is 21.3. The minimum Gasteiger partial charge on any atom is -0.461 e. The first-order valence-electron chi connectivity index (χ1n) is 13.2. The maximum atomic E-state index is 12.3. The summed E-state index contributed by atoms with van der Waals surface area (Å²) in [5.41, 5.74) is 1.82. The molecule has 0 radical (unpaired) electrons. The van der Waals surface area contributed by atoms with Gasteiger partial charge in [0.15, 0.2) is 6.29 Å². The molecule has 1 unspecified atom stereocenters. The quantitative estimate of drug-likeness (QED) is 0.280. The number of nitrogens with zero attached hydrogens (tertiary/aromatic N) is 1. The van der Waals surface area contributed by atoms with Gasteiger partial charge in [-0.1, -0.05) is 86.8 Å². The molecule has 2 aromatic carbocycles. The van der Waals surface area contributed by atoms with Gasteiger partial charge in [0.25, 0.3) is 0 Å². The first-order valence-corrected chi connectivity index (χ1v) is 13.2. The molecule has 7 heteroatoms. The number of hydrogen-bond donors (Lipinski definition) is 2. The number of rotatable bonds is 15. The summed E-state index contributed by atoms with van der Waals surface area (Å²) >= 11 is 0. The van der Waals surface area contributed by atoms with E-state index in [0.29, 0.717) is 25.9 Å². The van der Waals surface area contributed by atoms with Crippen molar-refractivity contribution in [3.63, 3.8) is 0 Å². The van der Waals surface area contributed by atoms with E-state index in [2.05, 4.69) is 11.8 Å². The zero-order chi connectivity index (χ0) is 25.6. The SMILES string of the molecule is CCCCCCN(CCC(=O)OCc1ccccc1)CC[C@@H](O)[C@@H]1O[C@H](c2ccccc2)OCC1O. The summed E-state index contributed by atoms with van der Waals surface area (Å²) in [5.74, 6) is -0.230. The Kier molecular flexibility index (Phi) is 12.4. The zero-order valence-electron chi connectivity index (χ0n) is 21.3. The van der Waals surface area contributed by atoms with Crippen molar-refractivity contribution in [1.29, 1.82) is 0 Å². The van der Waals surface area contributed by atoms with Crippen molar-refractivity contribution < 1.29 is 29.2 Å². The molecule has 198 valence electrons. The lowest BCUT2D eigenvalue weighted by molar-refractivity contribution is -0.276. The van der Waals surface area contributed by atoms with Crippen LogP contribution in [0, 0.1) is 0 Å². The number of carbonyl (C=O) groups excluding carboxylic acids is 1. The highest BCUT2D eigenvalue weighted by Gasteiger charge is 2.36. The van der Waals surface area contributed by atoms with Crippen LogP contribution in [0.4, 0.5) is 0 Å². The number of unbranched alkanes of at least 4 members (excludes halogenated alkanes) is 3. The third-order valence-corrected chi connectivity index (χ3v) is 6.47. The normalized spacial score (nSPS) is 20.8. The topological polar surface area (TPSA) is 88.5 Å². The molecule has 1 heterocycles. The lowest BCUT2D eigenvalue weighted by atomic mass is 10.0. The minimum absolute atomic E-state index is 0.106. The van der Waals surface area contributed by atoms with Gasteiger partial charge >= 0.3 is 5.97 Å². The molecule has 1 aliphatic rings. The largest absolute Gasteiger partial charge is 0.461 e. The Labute approximate surface area is 215 Å². The fourth-order valence-electron chi connectivity index (χ4n) is 4.32. The maximum Gasteiger partial charge on any atom is 0.307 e. The molecule has 7 nitrogen and oxygen atoms in total. The second kappa shape index (κ2) is 15.7. The van der Waals surface area contributed by atoms with Gasteiger partial charge in [0.05, 0.1) is 19.1 Å². The van der Waals surface area contributed by atoms with Crippen LogP contribution in [-0.4, -0.2) is 65.6 Å². The second-order valence-corrected chi connectivity index (χ2v) is 9.40. The molecule has 0 spiro atoms. The Bertz CT molecular complexity index is 865. The molecule has 1 aliphatic heterocycles. The highest BCUT2D eigenvalue weighted by molar-refractivity contribution is 5.69. The van der Waals surface area contributed by atoms with E-state index in [9.17, 15) is 15.0 Å². The average Bonchev–Trinajstić information content (AvgIpc) is 2.92. The Morgan fingerprint density at radius 1 is 1.03 bits per heavy atom. The number of benzene rings is 2. The predicted octanol–water partition coefficient (Wildman–Crippen LogP) is 4.23. The third-order valence-electron chi connectivity index (χ3n) is 6.47. The van der Waals surface area contributed by atoms with Crippen LogP contribution in [0.3, 0.4) is 0 Å². The number of aliphatic hydroxyl groups excluding tert-OH is 2. The van der Waals surface area contributed by atoms with Gasteiger partial charge in [-0.05, 0) is 24.9 Å². The molecule has 0 amide bonds. The number of ether oxygens (including phenoxy) is 3. The molecule has 0 aromatic heterocycles. The van der Waals surface area contributed by atoms with E-state index in [0.717, 1.165) is 36.9 Å². The molecule has 2 N–H and O–H groups in total. The number of esters is 1. The molecule has 0 aliphatic carbocycles. The highest BCUT2D eigenvalue weighted by atomic mass is 16.7. The van der Waals surface area contributed by atoms with Crippen LogP contribution in [0.15, 0.2) is 60.7 Å². The maximum absolute atomic E-state index is 12.3. The molecule has 0 saturated carbocycles. The number of hydrogen-bond acceptors (Lipinski definition) is 7. The van der Waals surface area contributed by atoms with Crippen LogP contribution < -0.4 is 0 Å². The first kappa shape index (κ1) is 28.3. The van der Waals surface area contributed by atoms with Gasteiger partial charge in [-0.25, -0.2) is 0 Å². The van der Waals surface area contributed by atoms with Crippen LogP contribution >= 0.6 is 0 Å². The fourth-order valence-corrected chi connectivity index (χ4v) is 4.32. The third kappa shape index (κ3) is 9.64. The number of aliphatic hydroxyl groups is 2. The molecule has 1 saturated heterocycles. The van der Waals surface area contributed by atoms with E-state index >= 15 is 0 Å². The van der Waals surface area contributed by atoms with E-state index in [4.69, 9.17) is 14.2 Å². The molecule has 3 rings (SSSR count). The summed E-state index contributed by atoms with van der Waals surface area (Å²) in [6.45, 7) is 4.58. The van der Waals surface area contributed by atoms with E-state index < -0.39 is 24.6 Å². The summed E-state index contributed by atoms with van der Waals surface area (Å²) in [6.07, 6.45) is 2.14. The van der Waals surface area contributed by atoms with Crippen LogP contribution in [0.5, 0.6) is 0 Å². The van der Waals surface area contributed by atoms with E-state index in [-0.39, 0.29) is 19.2 Å². The fraction of sp³-hybridized carbons (Fsp3) is 0.552. The van der Waals surface area contributed by atoms with Crippen molar-refractivity contribution in [1.82, 2.24) is 4.90 Å². The summed E-state index contributed by atoms with van der Waals surface area (Å²) < 4.78 is 17.0. The van der Waals surface area contributed by atoms with Crippen molar-refractivity contribution in [3.8, 4) is 0 Å². The van der Waals surface area contributed by atoms with E-state index in [1.807, 2.05) is 60.7 Å². The lowest BCUT2D eigenvalue weighted by Crippen LogP contribution is -2.48.